The standard InChI is InChI=1S/C18H10F6N2O3/c19-17(20,21)12-6-3-5-9-11(8-14(18(22,23)24)25-15(9)12)16(27)10-4-1-2-7-13(10)26(28)29/h1-8,16,27H. The Morgan fingerprint density at radius 1 is 0.931 bits per heavy atom. The lowest BCUT2D eigenvalue weighted by Crippen LogP contribution is -2.14. The minimum atomic E-state index is -5.11. The molecule has 1 N–H and O–H groups in total. The van der Waals surface area contributed by atoms with Gasteiger partial charge in [0.1, 0.15) is 11.8 Å². The Balaban J connectivity index is 2.37. The monoisotopic (exact) mass is 416 g/mol. The van der Waals surface area contributed by atoms with Crippen LogP contribution in [0.25, 0.3) is 10.9 Å². The van der Waals surface area contributed by atoms with E-state index >= 15 is 0 Å². The number of fused-ring (bicyclic) bond motifs is 1. The van der Waals surface area contributed by atoms with Crippen LogP contribution in [0.1, 0.15) is 28.5 Å². The van der Waals surface area contributed by atoms with E-state index in [4.69, 9.17) is 0 Å². The minimum Gasteiger partial charge on any atom is -0.383 e. The summed E-state index contributed by atoms with van der Waals surface area (Å²) in [7, 11) is 0. The highest BCUT2D eigenvalue weighted by Gasteiger charge is 2.38. The molecule has 1 atom stereocenters. The lowest BCUT2D eigenvalue weighted by Gasteiger charge is -2.18. The van der Waals surface area contributed by atoms with Gasteiger partial charge in [0.2, 0.25) is 0 Å². The summed E-state index contributed by atoms with van der Waals surface area (Å²) in [5, 5.41) is 21.4. The number of aliphatic hydroxyl groups excluding tert-OH is 1. The maximum Gasteiger partial charge on any atom is 0.433 e. The van der Waals surface area contributed by atoms with Crippen molar-refractivity contribution in [2.45, 2.75) is 18.5 Å². The first-order chi connectivity index (χ1) is 13.4. The molecule has 0 saturated carbocycles. The summed E-state index contributed by atoms with van der Waals surface area (Å²) in [6.45, 7) is 0. The molecule has 0 bridgehead atoms. The molecule has 1 unspecified atom stereocenters. The third kappa shape index (κ3) is 3.86. The van der Waals surface area contributed by atoms with Gasteiger partial charge < -0.3 is 5.11 Å². The second-order valence-corrected chi connectivity index (χ2v) is 6.01. The molecule has 0 radical (unpaired) electrons. The zero-order chi connectivity index (χ0) is 21.6. The van der Waals surface area contributed by atoms with Gasteiger partial charge in [-0.15, -0.1) is 0 Å². The number of nitro benzene ring substituents is 1. The summed E-state index contributed by atoms with van der Waals surface area (Å²) in [5.41, 5.74) is -5.63. The van der Waals surface area contributed by atoms with Gasteiger partial charge >= 0.3 is 12.4 Å². The summed E-state index contributed by atoms with van der Waals surface area (Å²) in [5.74, 6) is 0. The molecule has 1 aromatic heterocycles. The number of hydrogen-bond donors (Lipinski definition) is 1. The molecule has 11 heteroatoms. The molecule has 152 valence electrons. The second-order valence-electron chi connectivity index (χ2n) is 6.01. The number of pyridine rings is 1. The molecule has 3 aromatic rings. The van der Waals surface area contributed by atoms with Gasteiger partial charge in [-0.25, -0.2) is 4.98 Å². The van der Waals surface area contributed by atoms with Gasteiger partial charge in [0.05, 0.1) is 21.6 Å². The van der Waals surface area contributed by atoms with E-state index in [1.54, 1.807) is 0 Å². The Hall–Kier alpha value is -3.21. The quantitative estimate of drug-likeness (QED) is 0.359. The van der Waals surface area contributed by atoms with Gasteiger partial charge in [-0.05, 0) is 23.8 Å². The SMILES string of the molecule is O=[N+]([O-])c1ccccc1C(O)c1cc(C(F)(F)F)nc2c(C(F)(F)F)cccc12. The molecule has 0 fully saturated rings. The molecule has 3 rings (SSSR count). The van der Waals surface area contributed by atoms with Crippen LogP contribution in [-0.4, -0.2) is 15.0 Å². The van der Waals surface area contributed by atoms with Gasteiger partial charge in [-0.2, -0.15) is 26.3 Å². The zero-order valence-electron chi connectivity index (χ0n) is 14.1. The lowest BCUT2D eigenvalue weighted by atomic mass is 9.94. The zero-order valence-corrected chi connectivity index (χ0v) is 14.1. The first-order valence-electron chi connectivity index (χ1n) is 7.90. The van der Waals surface area contributed by atoms with Crippen molar-refractivity contribution >= 4 is 16.6 Å². The van der Waals surface area contributed by atoms with Crippen LogP contribution in [0.2, 0.25) is 0 Å². The number of para-hydroxylation sites is 2. The summed E-state index contributed by atoms with van der Waals surface area (Å²) in [6, 6.07) is 7.69. The van der Waals surface area contributed by atoms with E-state index in [2.05, 4.69) is 4.98 Å². The maximum atomic E-state index is 13.3. The molecule has 0 aliphatic carbocycles. The Kier molecular flexibility index (Phi) is 4.95. The Labute approximate surface area is 158 Å². The van der Waals surface area contributed by atoms with E-state index in [1.165, 1.54) is 12.1 Å². The first kappa shape index (κ1) is 20.5. The molecule has 0 amide bonds. The number of rotatable bonds is 3. The van der Waals surface area contributed by atoms with Crippen molar-refractivity contribution in [2.75, 3.05) is 0 Å². The summed E-state index contributed by atoms with van der Waals surface area (Å²) in [6.07, 6.45) is -12.1. The van der Waals surface area contributed by atoms with Crippen molar-refractivity contribution in [2.24, 2.45) is 0 Å². The molecular formula is C18H10F6N2O3. The fourth-order valence-electron chi connectivity index (χ4n) is 2.93. The number of aliphatic hydroxyl groups is 1. The van der Waals surface area contributed by atoms with E-state index in [0.29, 0.717) is 12.1 Å². The first-order valence-corrected chi connectivity index (χ1v) is 7.90. The number of aromatic nitrogens is 1. The van der Waals surface area contributed by atoms with Crippen LogP contribution in [-0.2, 0) is 12.4 Å². The van der Waals surface area contributed by atoms with Gasteiger partial charge in [0.15, 0.2) is 0 Å². The number of hydrogen-bond acceptors (Lipinski definition) is 4. The van der Waals surface area contributed by atoms with Crippen molar-refractivity contribution in [3.63, 3.8) is 0 Å². The predicted molar refractivity (Wildman–Crippen MR) is 88.9 cm³/mol. The number of nitro groups is 1. The second kappa shape index (κ2) is 6.99. The van der Waals surface area contributed by atoms with Gasteiger partial charge in [-0.3, -0.25) is 10.1 Å². The largest absolute Gasteiger partial charge is 0.433 e. The fourth-order valence-corrected chi connectivity index (χ4v) is 2.93. The Bertz CT molecular complexity index is 1100. The van der Waals surface area contributed by atoms with Gasteiger partial charge in [0.25, 0.3) is 5.69 Å². The topological polar surface area (TPSA) is 76.3 Å². The van der Waals surface area contributed by atoms with Crippen LogP contribution in [0.15, 0.2) is 48.5 Å². The number of nitrogens with zero attached hydrogens (tertiary/aromatic N) is 2. The molecule has 0 aliphatic rings. The highest BCUT2D eigenvalue weighted by atomic mass is 19.4. The summed E-state index contributed by atoms with van der Waals surface area (Å²) < 4.78 is 79.7. The van der Waals surface area contributed by atoms with Gasteiger partial charge in [0, 0.05) is 11.5 Å². The third-order valence-corrected chi connectivity index (χ3v) is 4.19. The Morgan fingerprint density at radius 3 is 2.17 bits per heavy atom. The highest BCUT2D eigenvalue weighted by Crippen LogP contribution is 2.41. The summed E-state index contributed by atoms with van der Waals surface area (Å²) in [4.78, 5) is 13.4. The number of benzene rings is 2. The van der Waals surface area contributed by atoms with Crippen molar-refractivity contribution in [3.8, 4) is 0 Å². The van der Waals surface area contributed by atoms with Gasteiger partial charge in [-0.1, -0.05) is 24.3 Å². The van der Waals surface area contributed by atoms with Crippen LogP contribution in [0, 0.1) is 10.1 Å². The molecular weight excluding hydrogens is 406 g/mol. The van der Waals surface area contributed by atoms with E-state index in [0.717, 1.165) is 24.3 Å². The average molecular weight is 416 g/mol. The average Bonchev–Trinajstić information content (AvgIpc) is 2.64. The fraction of sp³-hybridized carbons (Fsp3) is 0.167. The molecule has 2 aromatic carbocycles. The van der Waals surface area contributed by atoms with Crippen LogP contribution < -0.4 is 0 Å². The molecule has 1 heterocycles. The van der Waals surface area contributed by atoms with E-state index in [-0.39, 0.29) is 5.56 Å². The predicted octanol–water partition coefficient (Wildman–Crippen LogP) is 5.26. The van der Waals surface area contributed by atoms with E-state index in [1.807, 2.05) is 0 Å². The maximum absolute atomic E-state index is 13.3. The van der Waals surface area contributed by atoms with Crippen molar-refractivity contribution < 1.29 is 36.4 Å². The van der Waals surface area contributed by atoms with Crippen LogP contribution in [0.4, 0.5) is 32.0 Å². The Morgan fingerprint density at radius 2 is 1.59 bits per heavy atom. The molecule has 0 aliphatic heterocycles. The van der Waals surface area contributed by atoms with Crippen LogP contribution >= 0.6 is 0 Å². The minimum absolute atomic E-state index is 0.365. The number of halogens is 6. The summed E-state index contributed by atoms with van der Waals surface area (Å²) >= 11 is 0. The van der Waals surface area contributed by atoms with Crippen molar-refractivity contribution in [1.29, 1.82) is 0 Å². The van der Waals surface area contributed by atoms with E-state index < -0.39 is 56.8 Å². The van der Waals surface area contributed by atoms with Crippen molar-refractivity contribution in [3.05, 3.63) is 81.0 Å². The van der Waals surface area contributed by atoms with E-state index in [9.17, 15) is 41.6 Å². The molecule has 0 spiro atoms. The molecule has 0 saturated heterocycles. The van der Waals surface area contributed by atoms with Crippen LogP contribution in [0.5, 0.6) is 0 Å². The highest BCUT2D eigenvalue weighted by molar-refractivity contribution is 5.86. The van der Waals surface area contributed by atoms with Crippen molar-refractivity contribution in [1.82, 2.24) is 4.98 Å². The van der Waals surface area contributed by atoms with Crippen LogP contribution in [0.3, 0.4) is 0 Å². The number of alkyl halides is 6. The third-order valence-electron chi connectivity index (χ3n) is 4.19. The molecule has 5 nitrogen and oxygen atoms in total. The smallest absolute Gasteiger partial charge is 0.383 e. The normalized spacial score (nSPS) is 13.5. The lowest BCUT2D eigenvalue weighted by molar-refractivity contribution is -0.386. The molecule has 29 heavy (non-hydrogen) atoms.